The molecule has 0 aliphatic rings. The molecule has 1 aromatic heterocycles. The maximum absolute atomic E-state index is 10.7. The Hall–Kier alpha value is -0.840. The normalized spacial score (nSPS) is 13.6. The molecule has 1 nitrogen and oxygen atoms in total. The summed E-state index contributed by atoms with van der Waals surface area (Å²) in [4.78, 5) is 0. The van der Waals surface area contributed by atoms with Crippen LogP contribution in [-0.2, 0) is 6.54 Å². The number of aryl methyl sites for hydroxylation is 2. The molecular formula is C28H52F6NP. The molecule has 0 aliphatic carbocycles. The van der Waals surface area contributed by atoms with Crippen LogP contribution in [0.3, 0.4) is 0 Å². The van der Waals surface area contributed by atoms with E-state index < -0.39 is 7.81 Å². The van der Waals surface area contributed by atoms with Crippen molar-refractivity contribution in [1.82, 2.24) is 0 Å². The van der Waals surface area contributed by atoms with E-state index in [1.807, 2.05) is 0 Å². The average Bonchev–Trinajstić information content (AvgIpc) is 2.76. The second-order valence-electron chi connectivity index (χ2n) is 10.3. The number of hydrogen-bond donors (Lipinski definition) is 0. The number of aromatic nitrogens is 1. The van der Waals surface area contributed by atoms with Crippen LogP contribution in [-0.4, -0.2) is 0 Å². The Balaban J connectivity index is 0.00000152. The fourth-order valence-corrected chi connectivity index (χ4v) is 4.34. The van der Waals surface area contributed by atoms with Gasteiger partial charge in [0, 0.05) is 18.1 Å². The van der Waals surface area contributed by atoms with Crippen LogP contribution in [0, 0.1) is 6.92 Å². The van der Waals surface area contributed by atoms with Crippen molar-refractivity contribution < 1.29 is 29.7 Å². The third-order valence-electron chi connectivity index (χ3n) is 6.28. The molecule has 0 radical (unpaired) electrons. The Bertz CT molecular complexity index is 637. The van der Waals surface area contributed by atoms with Gasteiger partial charge in [0.05, 0.1) is 0 Å². The van der Waals surface area contributed by atoms with Crippen LogP contribution in [0.1, 0.15) is 141 Å². The minimum absolute atomic E-state index is 1.18. The fourth-order valence-electron chi connectivity index (χ4n) is 4.34. The van der Waals surface area contributed by atoms with Gasteiger partial charge in [0.25, 0.3) is 0 Å². The van der Waals surface area contributed by atoms with Crippen LogP contribution in [0.15, 0.2) is 24.5 Å². The number of pyridine rings is 1. The molecule has 0 aliphatic heterocycles. The maximum atomic E-state index is 9.87. The Morgan fingerprint density at radius 1 is 0.556 bits per heavy atom. The van der Waals surface area contributed by atoms with Gasteiger partial charge in [-0.3, -0.25) is 0 Å². The number of nitrogens with zero attached hydrogens (tertiary/aromatic N) is 1. The Morgan fingerprint density at radius 2 is 0.861 bits per heavy atom. The second-order valence-corrected chi connectivity index (χ2v) is 12.2. The van der Waals surface area contributed by atoms with E-state index in [9.17, 15) is 25.2 Å². The van der Waals surface area contributed by atoms with Crippen LogP contribution in [0.5, 0.6) is 0 Å². The number of rotatable bonds is 21. The summed E-state index contributed by atoms with van der Waals surface area (Å²) in [5, 5.41) is 0. The van der Waals surface area contributed by atoms with E-state index in [-0.39, 0.29) is 0 Å². The summed E-state index contributed by atoms with van der Waals surface area (Å²) in [6.07, 6.45) is 33.5. The van der Waals surface area contributed by atoms with Gasteiger partial charge in [0.15, 0.2) is 12.4 Å². The molecule has 1 heterocycles. The number of hydrogen-bond acceptors (Lipinski definition) is 0. The molecule has 0 unspecified atom stereocenters. The van der Waals surface area contributed by atoms with Crippen LogP contribution in [0.4, 0.5) is 25.2 Å². The molecule has 0 amide bonds. The first-order valence-corrected chi connectivity index (χ1v) is 16.3. The van der Waals surface area contributed by atoms with E-state index >= 15 is 0 Å². The van der Waals surface area contributed by atoms with Gasteiger partial charge >= 0.3 is 33.0 Å². The van der Waals surface area contributed by atoms with Crippen LogP contribution in [0.25, 0.3) is 0 Å². The number of halogens is 6. The monoisotopic (exact) mass is 547 g/mol. The summed E-state index contributed by atoms with van der Waals surface area (Å²) in [5.74, 6) is 0. The molecule has 0 atom stereocenters. The van der Waals surface area contributed by atoms with Gasteiger partial charge in [-0.1, -0.05) is 122 Å². The molecule has 0 fully saturated rings. The summed E-state index contributed by atoms with van der Waals surface area (Å²) >= 11 is 0. The summed E-state index contributed by atoms with van der Waals surface area (Å²) in [5.41, 5.74) is 1.36. The van der Waals surface area contributed by atoms with E-state index in [4.69, 9.17) is 0 Å². The van der Waals surface area contributed by atoms with Crippen molar-refractivity contribution in [2.45, 2.75) is 149 Å². The van der Waals surface area contributed by atoms with Gasteiger partial charge in [0.2, 0.25) is 0 Å². The van der Waals surface area contributed by atoms with Crippen molar-refractivity contribution in [3.05, 3.63) is 30.1 Å². The van der Waals surface area contributed by atoms with E-state index in [2.05, 4.69) is 42.9 Å². The topological polar surface area (TPSA) is 3.88 Å². The summed E-state index contributed by atoms with van der Waals surface area (Å²) in [7, 11) is -10.7. The number of unbranched alkanes of at least 4 members (excludes halogenated alkanes) is 19. The molecule has 0 spiro atoms. The molecule has 0 aromatic carbocycles. The minimum atomic E-state index is -10.7. The molecule has 0 N–H and O–H groups in total. The van der Waals surface area contributed by atoms with E-state index in [0.717, 1.165) is 0 Å². The molecule has 1 aromatic rings. The molecular weight excluding hydrogens is 495 g/mol. The summed E-state index contributed by atoms with van der Waals surface area (Å²) in [6.45, 7) is 5.66. The Morgan fingerprint density at radius 3 is 1.17 bits per heavy atom. The summed E-state index contributed by atoms with van der Waals surface area (Å²) in [6, 6.07) is 4.33. The Labute approximate surface area is 216 Å². The van der Waals surface area contributed by atoms with Crippen molar-refractivity contribution in [1.29, 1.82) is 0 Å². The fraction of sp³-hybridized carbons (Fsp3) is 0.821. The van der Waals surface area contributed by atoms with Gasteiger partial charge in [-0.05, 0) is 19.4 Å². The standard InChI is InChI=1S/C28H52N.F6P/c1-3-4-5-6-7-8-9-10-11-12-13-14-15-16-17-18-19-20-21-22-25-29-26-23-24-28(2)27-29;1-7(2,3,4,5)6/h23-24,26-27H,3-22,25H2,1-2H3;/q+1;-1. The molecule has 1 rings (SSSR count). The molecule has 8 heteroatoms. The molecule has 0 saturated heterocycles. The van der Waals surface area contributed by atoms with Gasteiger partial charge in [-0.25, -0.2) is 4.57 Å². The average molecular weight is 548 g/mol. The Kier molecular flexibility index (Phi) is 18.0. The molecule has 36 heavy (non-hydrogen) atoms. The molecule has 0 bridgehead atoms. The summed E-state index contributed by atoms with van der Waals surface area (Å²) < 4.78 is 61.5. The predicted octanol–water partition coefficient (Wildman–Crippen LogP) is 12.5. The van der Waals surface area contributed by atoms with Crippen molar-refractivity contribution in [3.63, 3.8) is 0 Å². The zero-order chi connectivity index (χ0) is 27.2. The van der Waals surface area contributed by atoms with E-state index in [0.29, 0.717) is 0 Å². The zero-order valence-electron chi connectivity index (χ0n) is 22.8. The van der Waals surface area contributed by atoms with Crippen molar-refractivity contribution in [2.75, 3.05) is 0 Å². The van der Waals surface area contributed by atoms with Crippen molar-refractivity contribution in [3.8, 4) is 0 Å². The van der Waals surface area contributed by atoms with Crippen LogP contribution >= 0.6 is 7.81 Å². The first kappa shape index (κ1) is 35.2. The van der Waals surface area contributed by atoms with Crippen LogP contribution < -0.4 is 4.57 Å². The first-order chi connectivity index (χ1) is 16.8. The predicted molar refractivity (Wildman–Crippen MR) is 143 cm³/mol. The van der Waals surface area contributed by atoms with Gasteiger partial charge < -0.3 is 0 Å². The SMILES string of the molecule is CCCCCCCCCCCCCCCCCCCCCC[n+]1cccc(C)c1.F[P-](F)(F)(F)(F)F. The quantitative estimate of drug-likeness (QED) is 0.0624. The van der Waals surface area contributed by atoms with Gasteiger partial charge in [0.1, 0.15) is 6.54 Å². The molecule has 0 saturated carbocycles. The molecule has 216 valence electrons. The first-order valence-electron chi connectivity index (χ1n) is 14.3. The second kappa shape index (κ2) is 18.4. The van der Waals surface area contributed by atoms with Crippen molar-refractivity contribution >= 4 is 7.81 Å². The van der Waals surface area contributed by atoms with E-state index in [1.165, 1.54) is 141 Å². The van der Waals surface area contributed by atoms with Crippen molar-refractivity contribution in [2.24, 2.45) is 0 Å². The third-order valence-corrected chi connectivity index (χ3v) is 6.28. The van der Waals surface area contributed by atoms with Crippen LogP contribution in [0.2, 0.25) is 0 Å². The van der Waals surface area contributed by atoms with Gasteiger partial charge in [-0.15, -0.1) is 0 Å². The zero-order valence-corrected chi connectivity index (χ0v) is 23.7. The third kappa shape index (κ3) is 35.3. The van der Waals surface area contributed by atoms with E-state index in [1.54, 1.807) is 0 Å². The van der Waals surface area contributed by atoms with Gasteiger partial charge in [-0.2, -0.15) is 0 Å².